The van der Waals surface area contributed by atoms with Gasteiger partial charge in [-0.2, -0.15) is 0 Å². The lowest BCUT2D eigenvalue weighted by Gasteiger charge is -2.28. The van der Waals surface area contributed by atoms with Crippen LogP contribution in [-0.4, -0.2) is 34.8 Å². The van der Waals surface area contributed by atoms with Crippen LogP contribution in [0.5, 0.6) is 0 Å². The van der Waals surface area contributed by atoms with Gasteiger partial charge in [0.25, 0.3) is 5.91 Å². The van der Waals surface area contributed by atoms with Crippen molar-refractivity contribution in [2.45, 2.75) is 18.9 Å². The second kappa shape index (κ2) is 4.48. The average Bonchev–Trinajstić information content (AvgIpc) is 2.32. The van der Waals surface area contributed by atoms with Crippen LogP contribution in [0.2, 0.25) is 0 Å². The van der Waals surface area contributed by atoms with Gasteiger partial charge >= 0.3 is 0 Å². The molecule has 0 radical (unpaired) electrons. The maximum atomic E-state index is 13.3. The third-order valence-electron chi connectivity index (χ3n) is 2.72. The highest BCUT2D eigenvalue weighted by Crippen LogP contribution is 2.17. The van der Waals surface area contributed by atoms with Gasteiger partial charge < -0.3 is 5.32 Å². The van der Waals surface area contributed by atoms with Crippen LogP contribution >= 0.6 is 0 Å². The van der Waals surface area contributed by atoms with Crippen LogP contribution in [-0.2, 0) is 9.59 Å². The van der Waals surface area contributed by atoms with Gasteiger partial charge in [-0.05, 0) is 18.6 Å². The summed E-state index contributed by atoms with van der Waals surface area (Å²) in [5.74, 6) is -1.05. The van der Waals surface area contributed by atoms with Crippen molar-refractivity contribution in [3.05, 3.63) is 24.1 Å². The summed E-state index contributed by atoms with van der Waals surface area (Å²) in [6, 6.07) is 2.14. The second-order valence-corrected chi connectivity index (χ2v) is 3.86. The molecule has 5 nitrogen and oxygen atoms in total. The minimum atomic E-state index is -0.595. The fraction of sp³-hybridized carbons (Fsp3) is 0.364. The Balaban J connectivity index is 2.12. The zero-order chi connectivity index (χ0) is 12.4. The van der Waals surface area contributed by atoms with E-state index in [0.29, 0.717) is 6.42 Å². The average molecular weight is 237 g/mol. The number of carbonyl (C=O) groups is 2. The molecule has 0 saturated carbocycles. The molecule has 1 saturated heterocycles. The van der Waals surface area contributed by atoms with E-state index < -0.39 is 11.9 Å². The van der Waals surface area contributed by atoms with Crippen molar-refractivity contribution in [1.29, 1.82) is 0 Å². The second-order valence-electron chi connectivity index (χ2n) is 3.86. The molecule has 1 aliphatic rings. The van der Waals surface area contributed by atoms with E-state index in [1.165, 1.54) is 25.4 Å². The van der Waals surface area contributed by atoms with Crippen LogP contribution in [0.4, 0.5) is 10.2 Å². The lowest BCUT2D eigenvalue weighted by atomic mass is 10.0. The van der Waals surface area contributed by atoms with E-state index in [4.69, 9.17) is 0 Å². The molecule has 90 valence electrons. The number of aromatic nitrogens is 1. The fourth-order valence-corrected chi connectivity index (χ4v) is 1.71. The standard InChI is InChI=1S/C11H12FN3O2/c1-15-9(16)5-4-8(11(15)17)14-10-7(12)3-2-6-13-10/h2-3,6,8H,4-5H2,1H3,(H,13,14). The van der Waals surface area contributed by atoms with Gasteiger partial charge in [0.1, 0.15) is 6.04 Å². The minimum Gasteiger partial charge on any atom is -0.356 e. The molecule has 0 bridgehead atoms. The van der Waals surface area contributed by atoms with E-state index in [1.807, 2.05) is 0 Å². The fourth-order valence-electron chi connectivity index (χ4n) is 1.71. The monoisotopic (exact) mass is 237 g/mol. The zero-order valence-electron chi connectivity index (χ0n) is 9.31. The predicted octanol–water partition coefficient (Wildman–Crippen LogP) is 0.780. The van der Waals surface area contributed by atoms with Crippen LogP contribution in [0.1, 0.15) is 12.8 Å². The van der Waals surface area contributed by atoms with E-state index in [-0.39, 0.29) is 24.1 Å². The topological polar surface area (TPSA) is 62.3 Å². The van der Waals surface area contributed by atoms with Crippen molar-refractivity contribution in [1.82, 2.24) is 9.88 Å². The normalized spacial score (nSPS) is 20.6. The number of amides is 2. The van der Waals surface area contributed by atoms with Crippen molar-refractivity contribution < 1.29 is 14.0 Å². The molecule has 2 amide bonds. The molecule has 1 aliphatic heterocycles. The van der Waals surface area contributed by atoms with Gasteiger partial charge in [0, 0.05) is 19.7 Å². The van der Waals surface area contributed by atoms with Gasteiger partial charge in [0.15, 0.2) is 11.6 Å². The lowest BCUT2D eigenvalue weighted by molar-refractivity contribution is -0.146. The summed E-state index contributed by atoms with van der Waals surface area (Å²) in [6.45, 7) is 0. The van der Waals surface area contributed by atoms with Crippen LogP contribution in [0.15, 0.2) is 18.3 Å². The number of hydrogen-bond donors (Lipinski definition) is 1. The summed E-state index contributed by atoms with van der Waals surface area (Å²) in [6.07, 6.45) is 2.07. The quantitative estimate of drug-likeness (QED) is 0.772. The molecule has 0 aromatic carbocycles. The maximum Gasteiger partial charge on any atom is 0.251 e. The SMILES string of the molecule is CN1C(=O)CCC(Nc2ncccc2F)C1=O. The highest BCUT2D eigenvalue weighted by atomic mass is 19.1. The van der Waals surface area contributed by atoms with Gasteiger partial charge in [-0.25, -0.2) is 9.37 Å². The summed E-state index contributed by atoms with van der Waals surface area (Å²) < 4.78 is 13.3. The number of imide groups is 1. The molecule has 1 aromatic heterocycles. The number of nitrogens with one attached hydrogen (secondary N) is 1. The summed E-state index contributed by atoms with van der Waals surface area (Å²) in [5.41, 5.74) is 0. The Kier molecular flexibility index (Phi) is 3.03. The molecule has 0 aliphatic carbocycles. The van der Waals surface area contributed by atoms with Gasteiger partial charge in [-0.15, -0.1) is 0 Å². The molecule has 1 N–H and O–H groups in total. The Morgan fingerprint density at radius 2 is 2.29 bits per heavy atom. The number of anilines is 1. The summed E-state index contributed by atoms with van der Waals surface area (Å²) in [7, 11) is 1.42. The number of likely N-dealkylation sites (N-methyl/N-ethyl adjacent to an activating group) is 1. The van der Waals surface area contributed by atoms with E-state index in [9.17, 15) is 14.0 Å². The van der Waals surface area contributed by atoms with E-state index in [2.05, 4.69) is 10.3 Å². The molecule has 1 aromatic rings. The largest absolute Gasteiger partial charge is 0.356 e. The molecule has 1 fully saturated rings. The Morgan fingerprint density at radius 1 is 1.53 bits per heavy atom. The Bertz CT molecular complexity index is 464. The molecular weight excluding hydrogens is 225 g/mol. The maximum absolute atomic E-state index is 13.3. The first-order valence-electron chi connectivity index (χ1n) is 5.27. The molecule has 2 heterocycles. The lowest BCUT2D eigenvalue weighted by Crippen LogP contribution is -2.48. The predicted molar refractivity (Wildman–Crippen MR) is 58.6 cm³/mol. The summed E-state index contributed by atoms with van der Waals surface area (Å²) in [5, 5.41) is 2.72. The molecular formula is C11H12FN3O2. The molecule has 1 unspecified atom stereocenters. The molecule has 0 spiro atoms. The van der Waals surface area contributed by atoms with Crippen molar-refractivity contribution in [3.8, 4) is 0 Å². The zero-order valence-corrected chi connectivity index (χ0v) is 9.31. The smallest absolute Gasteiger partial charge is 0.251 e. The Morgan fingerprint density at radius 3 is 3.00 bits per heavy atom. The molecule has 1 atom stereocenters. The Labute approximate surface area is 97.6 Å². The number of carbonyl (C=O) groups excluding carboxylic acids is 2. The molecule has 17 heavy (non-hydrogen) atoms. The number of halogens is 1. The van der Waals surface area contributed by atoms with Crippen molar-refractivity contribution in [2.75, 3.05) is 12.4 Å². The number of pyridine rings is 1. The van der Waals surface area contributed by atoms with Crippen molar-refractivity contribution in [3.63, 3.8) is 0 Å². The van der Waals surface area contributed by atoms with Gasteiger partial charge in [0.05, 0.1) is 0 Å². The minimum absolute atomic E-state index is 0.0357. The van der Waals surface area contributed by atoms with E-state index in [0.717, 1.165) is 4.90 Å². The highest BCUT2D eigenvalue weighted by molar-refractivity contribution is 6.01. The third kappa shape index (κ3) is 2.25. The molecule has 2 rings (SSSR count). The summed E-state index contributed by atoms with van der Waals surface area (Å²) in [4.78, 5) is 27.9. The van der Waals surface area contributed by atoms with Gasteiger partial charge in [0.2, 0.25) is 5.91 Å². The first kappa shape index (κ1) is 11.5. The number of likely N-dealkylation sites (tertiary alicyclic amines) is 1. The van der Waals surface area contributed by atoms with Gasteiger partial charge in [-0.1, -0.05) is 0 Å². The van der Waals surface area contributed by atoms with Gasteiger partial charge in [-0.3, -0.25) is 14.5 Å². The van der Waals surface area contributed by atoms with E-state index >= 15 is 0 Å². The molecule has 6 heteroatoms. The third-order valence-corrected chi connectivity index (χ3v) is 2.72. The van der Waals surface area contributed by atoms with Crippen LogP contribution in [0.25, 0.3) is 0 Å². The van der Waals surface area contributed by atoms with Crippen molar-refractivity contribution in [2.24, 2.45) is 0 Å². The number of nitrogens with zero attached hydrogens (tertiary/aromatic N) is 2. The number of piperidine rings is 1. The van der Waals surface area contributed by atoms with Crippen LogP contribution in [0.3, 0.4) is 0 Å². The van der Waals surface area contributed by atoms with Crippen LogP contribution < -0.4 is 5.32 Å². The summed E-state index contributed by atoms with van der Waals surface area (Å²) >= 11 is 0. The Hall–Kier alpha value is -1.98. The first-order chi connectivity index (χ1) is 8.09. The van der Waals surface area contributed by atoms with Crippen LogP contribution in [0, 0.1) is 5.82 Å². The van der Waals surface area contributed by atoms with E-state index in [1.54, 1.807) is 0 Å². The number of rotatable bonds is 2. The first-order valence-corrected chi connectivity index (χ1v) is 5.27. The van der Waals surface area contributed by atoms with Crippen molar-refractivity contribution >= 4 is 17.6 Å². The number of hydrogen-bond acceptors (Lipinski definition) is 4. The highest BCUT2D eigenvalue weighted by Gasteiger charge is 2.32.